The predicted octanol–water partition coefficient (Wildman–Crippen LogP) is 4.50. The van der Waals surface area contributed by atoms with Gasteiger partial charge in [-0.3, -0.25) is 14.2 Å². The highest BCUT2D eigenvalue weighted by atomic mass is 35.5. The Hall–Kier alpha value is -3.02. The second kappa shape index (κ2) is 9.86. The molecule has 0 bridgehead atoms. The summed E-state index contributed by atoms with van der Waals surface area (Å²) in [6.07, 6.45) is 0. The fourth-order valence-corrected chi connectivity index (χ4v) is 4.15. The van der Waals surface area contributed by atoms with Gasteiger partial charge in [0.15, 0.2) is 5.16 Å². The highest BCUT2D eigenvalue weighted by Crippen LogP contribution is 2.29. The van der Waals surface area contributed by atoms with Crippen molar-refractivity contribution in [1.29, 1.82) is 5.26 Å². The number of carbonyl (C=O) groups excluding carboxylic acids is 1. The summed E-state index contributed by atoms with van der Waals surface area (Å²) in [6.45, 7) is 7.33. The van der Waals surface area contributed by atoms with E-state index in [9.17, 15) is 14.9 Å². The van der Waals surface area contributed by atoms with Crippen LogP contribution in [0.15, 0.2) is 46.3 Å². The summed E-state index contributed by atoms with van der Waals surface area (Å²) in [5.41, 5.74) is 0.597. The number of rotatable bonds is 7. The van der Waals surface area contributed by atoms with E-state index in [2.05, 4.69) is 16.4 Å². The van der Waals surface area contributed by atoms with Gasteiger partial charge in [-0.2, -0.15) is 5.26 Å². The number of aromatic nitrogens is 2. The number of nitrogens with zero attached hydrogens (tertiary/aromatic N) is 3. The zero-order valence-corrected chi connectivity index (χ0v) is 20.7. The first-order chi connectivity index (χ1) is 15.6. The minimum atomic E-state index is -0.999. The highest BCUT2D eigenvalue weighted by molar-refractivity contribution is 7.99. The van der Waals surface area contributed by atoms with Gasteiger partial charge in [-0.15, -0.1) is 0 Å². The summed E-state index contributed by atoms with van der Waals surface area (Å²) in [7, 11) is 1.53. The standard InChI is InChI=1S/C24H25ClN4O3S/c1-14(2)24(4,13-26)28-21(30)12-33-23-27-18-11-16(25)7-8-17(18)22(31)29(23)19-10-15(3)6-9-20(19)32-5/h6-11,14H,12H2,1-5H3,(H,28,30). The Morgan fingerprint density at radius 2 is 2.06 bits per heavy atom. The van der Waals surface area contributed by atoms with Crippen molar-refractivity contribution in [3.8, 4) is 17.5 Å². The second-order valence-electron chi connectivity index (χ2n) is 8.18. The molecule has 1 N–H and O–H groups in total. The van der Waals surface area contributed by atoms with E-state index >= 15 is 0 Å². The molecule has 0 aliphatic rings. The maximum absolute atomic E-state index is 13.5. The summed E-state index contributed by atoms with van der Waals surface area (Å²) >= 11 is 7.23. The largest absolute Gasteiger partial charge is 0.495 e. The van der Waals surface area contributed by atoms with Crippen molar-refractivity contribution in [3.63, 3.8) is 0 Å². The normalized spacial score (nSPS) is 12.9. The maximum atomic E-state index is 13.5. The molecule has 3 rings (SSSR count). The van der Waals surface area contributed by atoms with E-state index in [1.807, 2.05) is 32.9 Å². The summed E-state index contributed by atoms with van der Waals surface area (Å²) in [6, 6.07) is 12.6. The van der Waals surface area contributed by atoms with Gasteiger partial charge in [0.25, 0.3) is 5.56 Å². The number of ether oxygens (including phenoxy) is 1. The van der Waals surface area contributed by atoms with Crippen LogP contribution in [0.1, 0.15) is 26.3 Å². The van der Waals surface area contributed by atoms with Crippen LogP contribution in [-0.2, 0) is 4.79 Å². The first-order valence-corrected chi connectivity index (χ1v) is 11.7. The van der Waals surface area contributed by atoms with Crippen LogP contribution in [0.2, 0.25) is 5.02 Å². The number of nitrogens with one attached hydrogen (secondary N) is 1. The zero-order chi connectivity index (χ0) is 24.3. The van der Waals surface area contributed by atoms with Crippen LogP contribution in [0.3, 0.4) is 0 Å². The number of fused-ring (bicyclic) bond motifs is 1. The Kier molecular flexibility index (Phi) is 7.35. The van der Waals surface area contributed by atoms with Crippen LogP contribution >= 0.6 is 23.4 Å². The van der Waals surface area contributed by atoms with Crippen LogP contribution in [0, 0.1) is 24.2 Å². The quantitative estimate of drug-likeness (QED) is 0.391. The van der Waals surface area contributed by atoms with E-state index in [1.54, 1.807) is 31.2 Å². The molecule has 0 aliphatic carbocycles. The molecule has 1 heterocycles. The molecular formula is C24H25ClN4O3S. The fourth-order valence-electron chi connectivity index (χ4n) is 3.18. The van der Waals surface area contributed by atoms with Crippen LogP contribution in [-0.4, -0.2) is 33.9 Å². The van der Waals surface area contributed by atoms with Gasteiger partial charge < -0.3 is 10.1 Å². The summed E-state index contributed by atoms with van der Waals surface area (Å²) < 4.78 is 6.95. The number of benzene rings is 2. The van der Waals surface area contributed by atoms with Crippen molar-refractivity contribution in [3.05, 3.63) is 57.3 Å². The van der Waals surface area contributed by atoms with Gasteiger partial charge in [-0.05, 0) is 55.7 Å². The molecular weight excluding hydrogens is 460 g/mol. The molecule has 1 amide bonds. The molecule has 9 heteroatoms. The number of nitriles is 1. The second-order valence-corrected chi connectivity index (χ2v) is 9.56. The van der Waals surface area contributed by atoms with E-state index in [0.29, 0.717) is 32.5 Å². The lowest BCUT2D eigenvalue weighted by Gasteiger charge is -2.27. The van der Waals surface area contributed by atoms with Crippen LogP contribution in [0.4, 0.5) is 0 Å². The van der Waals surface area contributed by atoms with Crippen LogP contribution in [0.25, 0.3) is 16.6 Å². The van der Waals surface area contributed by atoms with E-state index in [1.165, 1.54) is 11.7 Å². The number of hydrogen-bond donors (Lipinski definition) is 1. The van der Waals surface area contributed by atoms with Crippen molar-refractivity contribution in [2.24, 2.45) is 5.92 Å². The lowest BCUT2D eigenvalue weighted by Crippen LogP contribution is -2.49. The third kappa shape index (κ3) is 5.15. The lowest BCUT2D eigenvalue weighted by atomic mass is 9.90. The molecule has 3 aromatic rings. The minimum absolute atomic E-state index is 0.0311. The van der Waals surface area contributed by atoms with Crippen LogP contribution in [0.5, 0.6) is 5.75 Å². The van der Waals surface area contributed by atoms with Crippen molar-refractivity contribution in [1.82, 2.24) is 14.9 Å². The molecule has 1 atom stereocenters. The lowest BCUT2D eigenvalue weighted by molar-refractivity contribution is -0.120. The van der Waals surface area contributed by atoms with Gasteiger partial charge in [-0.1, -0.05) is 43.3 Å². The van der Waals surface area contributed by atoms with Gasteiger partial charge in [0, 0.05) is 5.02 Å². The van der Waals surface area contributed by atoms with Crippen molar-refractivity contribution in [2.45, 2.75) is 38.4 Å². The molecule has 172 valence electrons. The molecule has 0 aliphatic heterocycles. The molecule has 33 heavy (non-hydrogen) atoms. The number of hydrogen-bond acceptors (Lipinski definition) is 6. The van der Waals surface area contributed by atoms with Crippen LogP contribution < -0.4 is 15.6 Å². The zero-order valence-electron chi connectivity index (χ0n) is 19.1. The highest BCUT2D eigenvalue weighted by Gasteiger charge is 2.30. The first kappa shape index (κ1) is 24.6. The van der Waals surface area contributed by atoms with Gasteiger partial charge in [-0.25, -0.2) is 4.98 Å². The average Bonchev–Trinajstić information content (AvgIpc) is 2.77. The third-order valence-corrected chi connectivity index (χ3v) is 6.67. The number of methoxy groups -OCH3 is 1. The van der Waals surface area contributed by atoms with E-state index in [0.717, 1.165) is 17.3 Å². The number of carbonyl (C=O) groups is 1. The summed E-state index contributed by atoms with van der Waals surface area (Å²) in [4.78, 5) is 30.8. The third-order valence-electron chi connectivity index (χ3n) is 5.49. The Morgan fingerprint density at radius 3 is 2.70 bits per heavy atom. The minimum Gasteiger partial charge on any atom is -0.495 e. The SMILES string of the molecule is COc1ccc(C)cc1-n1c(SCC(=O)NC(C)(C#N)C(C)C)nc2cc(Cl)ccc2c1=O. The van der Waals surface area contributed by atoms with Crippen molar-refractivity contribution in [2.75, 3.05) is 12.9 Å². The smallest absolute Gasteiger partial charge is 0.266 e. The van der Waals surface area contributed by atoms with Gasteiger partial charge in [0.2, 0.25) is 5.91 Å². The summed E-state index contributed by atoms with van der Waals surface area (Å²) in [5.74, 6) is 0.0606. The van der Waals surface area contributed by atoms with Crippen molar-refractivity contribution < 1.29 is 9.53 Å². The number of thioether (sulfide) groups is 1. The Morgan fingerprint density at radius 1 is 1.33 bits per heavy atom. The molecule has 1 unspecified atom stereocenters. The van der Waals surface area contributed by atoms with Gasteiger partial charge in [0.1, 0.15) is 11.3 Å². The van der Waals surface area contributed by atoms with E-state index in [4.69, 9.17) is 16.3 Å². The number of aryl methyl sites for hydroxylation is 1. The molecule has 0 radical (unpaired) electrons. The molecule has 2 aromatic carbocycles. The molecule has 0 fully saturated rings. The van der Waals surface area contributed by atoms with Gasteiger partial charge in [0.05, 0.1) is 35.5 Å². The average molecular weight is 485 g/mol. The predicted molar refractivity (Wildman–Crippen MR) is 131 cm³/mol. The molecule has 7 nitrogen and oxygen atoms in total. The Balaban J connectivity index is 2.10. The number of halogens is 1. The molecule has 0 saturated carbocycles. The molecule has 0 saturated heterocycles. The maximum Gasteiger partial charge on any atom is 0.266 e. The van der Waals surface area contributed by atoms with Crippen molar-refractivity contribution >= 4 is 40.2 Å². The van der Waals surface area contributed by atoms with Gasteiger partial charge >= 0.3 is 0 Å². The summed E-state index contributed by atoms with van der Waals surface area (Å²) in [5, 5.41) is 13.4. The first-order valence-electron chi connectivity index (χ1n) is 10.3. The number of amides is 1. The topological polar surface area (TPSA) is 97.0 Å². The monoisotopic (exact) mass is 484 g/mol. The molecule has 1 aromatic heterocycles. The van der Waals surface area contributed by atoms with E-state index in [-0.39, 0.29) is 23.1 Å². The fraction of sp³-hybridized carbons (Fsp3) is 0.333. The Bertz CT molecular complexity index is 1320. The Labute approximate surface area is 201 Å². The van der Waals surface area contributed by atoms with E-state index < -0.39 is 5.54 Å². The molecule has 0 spiro atoms.